The predicted octanol–water partition coefficient (Wildman–Crippen LogP) is 2.29. The second kappa shape index (κ2) is 4.22. The largest absolute Gasteiger partial charge is 0.381 e. The number of ether oxygens (including phenoxy) is 1. The Hall–Kier alpha value is 0.200. The fraction of sp³-hybridized carbons (Fsp3) is 1.00. The summed E-state index contributed by atoms with van der Waals surface area (Å²) in [5.74, 6) is 0.716. The summed E-state index contributed by atoms with van der Waals surface area (Å²) in [5, 5.41) is 0. The molecule has 3 nitrogen and oxygen atoms in total. The van der Waals surface area contributed by atoms with E-state index in [4.69, 9.17) is 15.4 Å². The van der Waals surface area contributed by atoms with Crippen molar-refractivity contribution in [2.75, 3.05) is 13.2 Å². The van der Waals surface area contributed by atoms with Gasteiger partial charge in [-0.2, -0.15) is 0 Å². The highest BCUT2D eigenvalue weighted by Crippen LogP contribution is 2.48. The monoisotopic (exact) mass is 252 g/mol. The quantitative estimate of drug-likeness (QED) is 0.538. The molecule has 2 rings (SSSR count). The van der Waals surface area contributed by atoms with Crippen molar-refractivity contribution in [3.63, 3.8) is 0 Å². The summed E-state index contributed by atoms with van der Waals surface area (Å²) < 4.78 is 27.3. The minimum Gasteiger partial charge on any atom is -0.381 e. The Bertz CT molecular complexity index is 318. The Balaban J connectivity index is 1.65. The zero-order chi connectivity index (χ0) is 10.9. The van der Waals surface area contributed by atoms with E-state index in [1.807, 2.05) is 0 Å². The molecular weight excluding hydrogens is 236 g/mol. The van der Waals surface area contributed by atoms with Gasteiger partial charge < -0.3 is 4.74 Å². The van der Waals surface area contributed by atoms with Crippen molar-refractivity contribution < 1.29 is 13.2 Å². The van der Waals surface area contributed by atoms with Crippen molar-refractivity contribution >= 4 is 19.7 Å². The average Bonchev–Trinajstić information content (AvgIpc) is 2.80. The Morgan fingerprint density at radius 1 is 1.33 bits per heavy atom. The van der Waals surface area contributed by atoms with E-state index < -0.39 is 13.8 Å². The van der Waals surface area contributed by atoms with E-state index in [9.17, 15) is 8.42 Å². The third kappa shape index (κ3) is 2.66. The van der Waals surface area contributed by atoms with Gasteiger partial charge in [-0.25, -0.2) is 8.42 Å². The second-order valence-corrected chi connectivity index (χ2v) is 7.70. The van der Waals surface area contributed by atoms with Crippen LogP contribution in [-0.4, -0.2) is 26.4 Å². The summed E-state index contributed by atoms with van der Waals surface area (Å²) in [6, 6.07) is 0. The number of halogens is 1. The fourth-order valence-corrected chi connectivity index (χ4v) is 3.53. The van der Waals surface area contributed by atoms with Crippen LogP contribution in [0.4, 0.5) is 0 Å². The summed E-state index contributed by atoms with van der Waals surface area (Å²) in [5.41, 5.74) is 0. The molecule has 0 aromatic heterocycles. The molecule has 0 N–H and O–H groups in total. The Morgan fingerprint density at radius 3 is 2.40 bits per heavy atom. The molecule has 88 valence electrons. The lowest BCUT2D eigenvalue weighted by molar-refractivity contribution is 0.0678. The van der Waals surface area contributed by atoms with Gasteiger partial charge >= 0.3 is 0 Å². The van der Waals surface area contributed by atoms with Crippen LogP contribution in [0.25, 0.3) is 0 Å². The van der Waals surface area contributed by atoms with Crippen LogP contribution in [0.3, 0.4) is 0 Å². The summed E-state index contributed by atoms with van der Waals surface area (Å²) in [7, 11) is 1.99. The number of hydrogen-bond acceptors (Lipinski definition) is 3. The molecule has 0 spiro atoms. The standard InChI is InChI=1S/C10H17ClO3S/c11-15(12,13)10(4-5-10)6-7-14-8-9-2-1-3-9/h9H,1-8H2. The third-order valence-electron chi connectivity index (χ3n) is 3.61. The van der Waals surface area contributed by atoms with Gasteiger partial charge in [0, 0.05) is 23.9 Å². The molecule has 0 aromatic carbocycles. The maximum Gasteiger partial charge on any atom is 0.238 e. The van der Waals surface area contributed by atoms with E-state index in [0.717, 1.165) is 6.61 Å². The lowest BCUT2D eigenvalue weighted by Crippen LogP contribution is -2.22. The second-order valence-electron chi connectivity index (χ2n) is 4.74. The zero-order valence-electron chi connectivity index (χ0n) is 8.75. The molecule has 2 aliphatic carbocycles. The lowest BCUT2D eigenvalue weighted by atomic mass is 9.86. The maximum absolute atomic E-state index is 11.2. The fourth-order valence-electron chi connectivity index (χ4n) is 1.92. The topological polar surface area (TPSA) is 43.4 Å². The maximum atomic E-state index is 11.2. The minimum atomic E-state index is -3.39. The Morgan fingerprint density at radius 2 is 2.00 bits per heavy atom. The van der Waals surface area contributed by atoms with Gasteiger partial charge in [-0.15, -0.1) is 0 Å². The lowest BCUT2D eigenvalue weighted by Gasteiger charge is -2.25. The third-order valence-corrected chi connectivity index (χ3v) is 6.23. The summed E-state index contributed by atoms with van der Waals surface area (Å²) in [6.45, 7) is 1.32. The van der Waals surface area contributed by atoms with Gasteiger partial charge in [0.2, 0.25) is 9.05 Å². The van der Waals surface area contributed by atoms with Crippen molar-refractivity contribution in [3.05, 3.63) is 0 Å². The van der Waals surface area contributed by atoms with Crippen molar-refractivity contribution in [1.29, 1.82) is 0 Å². The molecule has 0 amide bonds. The van der Waals surface area contributed by atoms with E-state index in [2.05, 4.69) is 0 Å². The highest BCUT2D eigenvalue weighted by Gasteiger charge is 2.53. The van der Waals surface area contributed by atoms with Crippen LogP contribution in [0.2, 0.25) is 0 Å². The van der Waals surface area contributed by atoms with E-state index in [1.165, 1.54) is 19.3 Å². The van der Waals surface area contributed by atoms with Gasteiger partial charge in [0.15, 0.2) is 0 Å². The molecule has 5 heteroatoms. The molecule has 0 unspecified atom stereocenters. The SMILES string of the molecule is O=S(=O)(Cl)C1(CCOCC2CCC2)CC1. The first-order valence-electron chi connectivity index (χ1n) is 5.55. The first kappa shape index (κ1) is 11.7. The van der Waals surface area contributed by atoms with Gasteiger partial charge in [0.05, 0.1) is 4.75 Å². The smallest absolute Gasteiger partial charge is 0.238 e. The van der Waals surface area contributed by atoms with Crippen molar-refractivity contribution in [2.45, 2.75) is 43.3 Å². The predicted molar refractivity (Wildman–Crippen MR) is 59.5 cm³/mol. The summed E-state index contributed by atoms with van der Waals surface area (Å²) in [4.78, 5) is 0. The van der Waals surface area contributed by atoms with Crippen LogP contribution in [0.1, 0.15) is 38.5 Å². The van der Waals surface area contributed by atoms with E-state index in [0.29, 0.717) is 31.8 Å². The van der Waals surface area contributed by atoms with Crippen LogP contribution in [0.5, 0.6) is 0 Å². The molecule has 0 aromatic rings. The molecule has 15 heavy (non-hydrogen) atoms. The average molecular weight is 253 g/mol. The summed E-state index contributed by atoms with van der Waals surface area (Å²) in [6.07, 6.45) is 5.80. The Kier molecular flexibility index (Phi) is 3.29. The van der Waals surface area contributed by atoms with E-state index >= 15 is 0 Å². The van der Waals surface area contributed by atoms with Gasteiger partial charge in [-0.05, 0) is 38.0 Å². The number of hydrogen-bond donors (Lipinski definition) is 0. The van der Waals surface area contributed by atoms with Crippen molar-refractivity contribution in [1.82, 2.24) is 0 Å². The molecule has 0 radical (unpaired) electrons. The van der Waals surface area contributed by atoms with Crippen molar-refractivity contribution in [3.8, 4) is 0 Å². The highest BCUT2D eigenvalue weighted by molar-refractivity contribution is 8.15. The van der Waals surface area contributed by atoms with Crippen LogP contribution in [-0.2, 0) is 13.8 Å². The molecule has 0 aliphatic heterocycles. The molecule has 0 atom stereocenters. The first-order valence-corrected chi connectivity index (χ1v) is 7.86. The van der Waals surface area contributed by atoms with Crippen LogP contribution < -0.4 is 0 Å². The van der Waals surface area contributed by atoms with Gasteiger partial charge in [-0.1, -0.05) is 6.42 Å². The molecule has 2 saturated carbocycles. The van der Waals surface area contributed by atoms with Gasteiger partial charge in [0.25, 0.3) is 0 Å². The van der Waals surface area contributed by atoms with E-state index in [-0.39, 0.29) is 0 Å². The summed E-state index contributed by atoms with van der Waals surface area (Å²) >= 11 is 0. The molecular formula is C10H17ClO3S. The van der Waals surface area contributed by atoms with Gasteiger partial charge in [0.1, 0.15) is 0 Å². The molecule has 0 heterocycles. The molecule has 0 saturated heterocycles. The highest BCUT2D eigenvalue weighted by atomic mass is 35.7. The number of rotatable bonds is 6. The van der Waals surface area contributed by atoms with E-state index in [1.54, 1.807) is 0 Å². The van der Waals surface area contributed by atoms with Gasteiger partial charge in [-0.3, -0.25) is 0 Å². The normalized spacial score (nSPS) is 24.9. The zero-order valence-corrected chi connectivity index (χ0v) is 10.3. The Labute approximate surface area is 95.6 Å². The first-order chi connectivity index (χ1) is 7.04. The molecule has 2 aliphatic rings. The molecule has 2 fully saturated rings. The van der Waals surface area contributed by atoms with Crippen LogP contribution in [0.15, 0.2) is 0 Å². The molecule has 0 bridgehead atoms. The van der Waals surface area contributed by atoms with Crippen LogP contribution >= 0.6 is 10.7 Å². The van der Waals surface area contributed by atoms with Crippen molar-refractivity contribution in [2.24, 2.45) is 5.92 Å². The minimum absolute atomic E-state index is 0.530. The van der Waals surface area contributed by atoms with Crippen LogP contribution in [0, 0.1) is 5.92 Å².